The van der Waals surface area contributed by atoms with E-state index in [2.05, 4.69) is 217 Å². The molecular weight excluding hydrogens is 699 g/mol. The highest BCUT2D eigenvalue weighted by Crippen LogP contribution is 2.59. The molecule has 10 aromatic carbocycles. The Morgan fingerprint density at radius 2 is 0.931 bits per heavy atom. The number of para-hydroxylation sites is 2. The van der Waals surface area contributed by atoms with E-state index in [-0.39, 0.29) is 0 Å². The van der Waals surface area contributed by atoms with Crippen molar-refractivity contribution in [3.8, 4) is 11.1 Å². The second-order valence-corrected chi connectivity index (χ2v) is 15.8. The van der Waals surface area contributed by atoms with E-state index >= 15 is 0 Å². The highest BCUT2D eigenvalue weighted by Gasteiger charge is 2.47. The molecule has 0 saturated heterocycles. The van der Waals surface area contributed by atoms with Gasteiger partial charge in [0, 0.05) is 17.1 Å². The first kappa shape index (κ1) is 33.0. The summed E-state index contributed by atoms with van der Waals surface area (Å²) in [7, 11) is 0. The zero-order chi connectivity index (χ0) is 38.2. The SMILES string of the molecule is C1=CCCC(C2(c3ccccc3)c3ccccc3-c3cc4c5cc(N(c6ccccc6)c6ccccc6)ccc5c5c6ccccc6c6ccccc6c5c4cc32)=C1. The van der Waals surface area contributed by atoms with Crippen molar-refractivity contribution in [3.05, 3.63) is 235 Å². The van der Waals surface area contributed by atoms with Crippen LogP contribution in [-0.4, -0.2) is 0 Å². The van der Waals surface area contributed by atoms with Gasteiger partial charge in [-0.3, -0.25) is 0 Å². The minimum absolute atomic E-state index is 0.417. The number of hydrogen-bond acceptors (Lipinski definition) is 1. The normalized spacial score (nSPS) is 15.9. The lowest BCUT2D eigenvalue weighted by molar-refractivity contribution is 0.693. The molecule has 2 aliphatic rings. The Morgan fingerprint density at radius 1 is 0.379 bits per heavy atom. The molecule has 58 heavy (non-hydrogen) atoms. The summed E-state index contributed by atoms with van der Waals surface area (Å²) in [5.74, 6) is 0. The van der Waals surface area contributed by atoms with E-state index in [4.69, 9.17) is 0 Å². The van der Waals surface area contributed by atoms with Gasteiger partial charge in [0.25, 0.3) is 0 Å². The maximum Gasteiger partial charge on any atom is 0.0676 e. The molecule has 0 aliphatic heterocycles. The largest absolute Gasteiger partial charge is 0.310 e. The molecule has 1 nitrogen and oxygen atoms in total. The van der Waals surface area contributed by atoms with Gasteiger partial charge in [0.1, 0.15) is 0 Å². The van der Waals surface area contributed by atoms with Crippen LogP contribution in [0.3, 0.4) is 0 Å². The second-order valence-electron chi connectivity index (χ2n) is 15.8. The number of nitrogens with zero attached hydrogens (tertiary/aromatic N) is 1. The van der Waals surface area contributed by atoms with Crippen LogP contribution in [0.5, 0.6) is 0 Å². The summed E-state index contributed by atoms with van der Waals surface area (Å²) in [5, 5.41) is 12.9. The Morgan fingerprint density at radius 3 is 1.59 bits per heavy atom. The van der Waals surface area contributed by atoms with Crippen molar-refractivity contribution in [1.82, 2.24) is 0 Å². The minimum atomic E-state index is -0.417. The molecule has 272 valence electrons. The quantitative estimate of drug-likeness (QED) is 0.159. The van der Waals surface area contributed by atoms with E-state index in [9.17, 15) is 0 Å². The van der Waals surface area contributed by atoms with Crippen molar-refractivity contribution >= 4 is 70.9 Å². The molecule has 0 radical (unpaired) electrons. The fourth-order valence-electron chi connectivity index (χ4n) is 10.6. The lowest BCUT2D eigenvalue weighted by atomic mass is 9.65. The first-order valence-corrected chi connectivity index (χ1v) is 20.5. The zero-order valence-electron chi connectivity index (χ0n) is 32.1. The highest BCUT2D eigenvalue weighted by molar-refractivity contribution is 6.40. The molecule has 1 atom stereocenters. The maximum absolute atomic E-state index is 2.61. The lowest BCUT2D eigenvalue weighted by Gasteiger charge is -2.37. The van der Waals surface area contributed by atoms with Crippen LogP contribution in [0, 0.1) is 0 Å². The van der Waals surface area contributed by atoms with E-state index in [1.165, 1.54) is 87.3 Å². The number of benzene rings is 10. The summed E-state index contributed by atoms with van der Waals surface area (Å²) in [6, 6.07) is 72.4. The Labute approximate surface area is 338 Å². The number of allylic oxidation sites excluding steroid dienone is 4. The van der Waals surface area contributed by atoms with Gasteiger partial charge in [-0.15, -0.1) is 0 Å². The summed E-state index contributed by atoms with van der Waals surface area (Å²) in [6.07, 6.45) is 9.05. The van der Waals surface area contributed by atoms with Crippen molar-refractivity contribution in [3.63, 3.8) is 0 Å². The third-order valence-corrected chi connectivity index (χ3v) is 12.9. The van der Waals surface area contributed by atoms with Crippen LogP contribution in [-0.2, 0) is 5.41 Å². The molecule has 2 aliphatic carbocycles. The van der Waals surface area contributed by atoms with Crippen molar-refractivity contribution in [1.29, 1.82) is 0 Å². The van der Waals surface area contributed by atoms with Gasteiger partial charge in [-0.25, -0.2) is 0 Å². The Hall–Kier alpha value is -7.22. The Kier molecular flexibility index (Phi) is 7.34. The fourth-order valence-corrected chi connectivity index (χ4v) is 10.6. The summed E-state index contributed by atoms with van der Waals surface area (Å²) >= 11 is 0. The molecule has 1 unspecified atom stereocenters. The van der Waals surface area contributed by atoms with Crippen LogP contribution in [0.2, 0.25) is 0 Å². The molecule has 0 heterocycles. The predicted molar refractivity (Wildman–Crippen MR) is 247 cm³/mol. The molecule has 1 heteroatoms. The summed E-state index contributed by atoms with van der Waals surface area (Å²) in [6.45, 7) is 0. The van der Waals surface area contributed by atoms with E-state index in [1.807, 2.05) is 0 Å². The van der Waals surface area contributed by atoms with Crippen molar-refractivity contribution in [2.75, 3.05) is 4.90 Å². The average Bonchev–Trinajstić information content (AvgIpc) is 3.59. The number of fused-ring (bicyclic) bond motifs is 14. The van der Waals surface area contributed by atoms with Crippen molar-refractivity contribution < 1.29 is 0 Å². The number of rotatable bonds is 5. The number of hydrogen-bond donors (Lipinski definition) is 0. The van der Waals surface area contributed by atoms with Crippen LogP contribution < -0.4 is 4.90 Å². The van der Waals surface area contributed by atoms with E-state index in [0.29, 0.717) is 0 Å². The third-order valence-electron chi connectivity index (χ3n) is 12.9. The monoisotopic (exact) mass is 737 g/mol. The van der Waals surface area contributed by atoms with Crippen LogP contribution in [0.1, 0.15) is 29.5 Å². The topological polar surface area (TPSA) is 3.24 Å². The molecule has 0 amide bonds. The van der Waals surface area contributed by atoms with Crippen molar-refractivity contribution in [2.24, 2.45) is 0 Å². The van der Waals surface area contributed by atoms with Gasteiger partial charge in [0.15, 0.2) is 0 Å². The molecule has 0 saturated carbocycles. The summed E-state index contributed by atoms with van der Waals surface area (Å²) < 4.78 is 0. The number of anilines is 3. The third kappa shape index (κ3) is 4.65. The second kappa shape index (κ2) is 12.9. The molecule has 0 fully saturated rings. The van der Waals surface area contributed by atoms with Crippen LogP contribution in [0.25, 0.3) is 65.0 Å². The van der Waals surface area contributed by atoms with Gasteiger partial charge in [0.2, 0.25) is 0 Å². The van der Waals surface area contributed by atoms with Gasteiger partial charge in [0.05, 0.1) is 5.41 Å². The fraction of sp³-hybridized carbons (Fsp3) is 0.0526. The Balaban J connectivity index is 1.29. The molecule has 0 spiro atoms. The molecule has 12 rings (SSSR count). The first-order valence-electron chi connectivity index (χ1n) is 20.5. The minimum Gasteiger partial charge on any atom is -0.310 e. The molecule has 0 bridgehead atoms. The predicted octanol–water partition coefficient (Wildman–Crippen LogP) is 15.5. The molecule has 0 N–H and O–H groups in total. The van der Waals surface area contributed by atoms with Crippen LogP contribution in [0.4, 0.5) is 17.1 Å². The average molecular weight is 738 g/mol. The van der Waals surface area contributed by atoms with Gasteiger partial charge < -0.3 is 4.90 Å². The standard InChI is InChI=1S/C57H39N/c1-5-19-38(20-6-1)57(39-21-7-2-8-22-39)53-32-18-17-29-45(53)51-36-50-49-35-42(58(40-23-9-3-10-24-40)41-25-11-4-12-26-41)33-34-48(49)55-46-30-15-13-27-43(46)44-28-14-16-31-47(44)56(55)52(50)37-54(51)57/h1-7,9-21,23-37H,8,22H2. The Bertz CT molecular complexity index is 3280. The van der Waals surface area contributed by atoms with E-state index in [1.54, 1.807) is 0 Å². The van der Waals surface area contributed by atoms with E-state index < -0.39 is 5.41 Å². The highest BCUT2D eigenvalue weighted by atomic mass is 15.1. The van der Waals surface area contributed by atoms with Crippen LogP contribution in [0.15, 0.2) is 218 Å². The summed E-state index contributed by atoms with van der Waals surface area (Å²) in [4.78, 5) is 2.39. The molecule has 10 aromatic rings. The maximum atomic E-state index is 2.61. The first-order chi connectivity index (χ1) is 28.8. The van der Waals surface area contributed by atoms with Crippen molar-refractivity contribution in [2.45, 2.75) is 18.3 Å². The van der Waals surface area contributed by atoms with E-state index in [0.717, 1.165) is 29.9 Å². The van der Waals surface area contributed by atoms with Gasteiger partial charge in [-0.2, -0.15) is 0 Å². The van der Waals surface area contributed by atoms with Gasteiger partial charge in [-0.05, 0) is 143 Å². The zero-order valence-corrected chi connectivity index (χ0v) is 32.1. The summed E-state index contributed by atoms with van der Waals surface area (Å²) in [5.41, 5.74) is 11.1. The van der Waals surface area contributed by atoms with Gasteiger partial charge >= 0.3 is 0 Å². The lowest BCUT2D eigenvalue weighted by Crippen LogP contribution is -2.30. The molecular formula is C57H39N. The van der Waals surface area contributed by atoms with Gasteiger partial charge in [-0.1, -0.05) is 169 Å². The smallest absolute Gasteiger partial charge is 0.0676 e. The van der Waals surface area contributed by atoms with Crippen LogP contribution >= 0.6 is 0 Å². The molecule has 0 aromatic heterocycles.